The van der Waals surface area contributed by atoms with Gasteiger partial charge in [0, 0.05) is 6.54 Å². The molecule has 86 valence electrons. The fourth-order valence-corrected chi connectivity index (χ4v) is 1.18. The Hall–Kier alpha value is -1.42. The maximum atomic E-state index is 5.05. The highest BCUT2D eigenvalue weighted by Crippen LogP contribution is 1.93. The molecule has 0 bridgehead atoms. The monoisotopic (exact) mass is 235 g/mol. The SMILES string of the molecule is CC(C)CNC(=S)N/N=C\c1ccccc1. The predicted octanol–water partition coefficient (Wildman–Crippen LogP) is 2.14. The first-order chi connectivity index (χ1) is 7.68. The number of hydrazone groups is 1. The summed E-state index contributed by atoms with van der Waals surface area (Å²) < 4.78 is 0. The molecule has 4 heteroatoms. The van der Waals surface area contributed by atoms with Crippen LogP contribution < -0.4 is 10.7 Å². The summed E-state index contributed by atoms with van der Waals surface area (Å²) in [6, 6.07) is 9.87. The van der Waals surface area contributed by atoms with Crippen LogP contribution in [0.5, 0.6) is 0 Å². The van der Waals surface area contributed by atoms with E-state index in [1.807, 2.05) is 30.3 Å². The molecule has 0 saturated carbocycles. The van der Waals surface area contributed by atoms with Crippen LogP contribution in [0.3, 0.4) is 0 Å². The van der Waals surface area contributed by atoms with Crippen molar-refractivity contribution in [1.82, 2.24) is 10.7 Å². The van der Waals surface area contributed by atoms with Crippen LogP contribution in [0.15, 0.2) is 35.4 Å². The number of nitrogens with one attached hydrogen (secondary N) is 2. The molecule has 2 N–H and O–H groups in total. The van der Waals surface area contributed by atoms with Gasteiger partial charge in [0.2, 0.25) is 0 Å². The smallest absolute Gasteiger partial charge is 0.186 e. The second-order valence-electron chi connectivity index (χ2n) is 3.88. The molecule has 0 aliphatic carbocycles. The molecule has 1 aromatic rings. The Balaban J connectivity index is 2.29. The molecule has 0 radical (unpaired) electrons. The Morgan fingerprint density at radius 2 is 2.06 bits per heavy atom. The summed E-state index contributed by atoms with van der Waals surface area (Å²) in [5.41, 5.74) is 3.82. The molecule has 1 aromatic carbocycles. The summed E-state index contributed by atoms with van der Waals surface area (Å²) in [7, 11) is 0. The second kappa shape index (κ2) is 6.95. The Kier molecular flexibility index (Phi) is 5.50. The van der Waals surface area contributed by atoms with E-state index in [0.29, 0.717) is 11.0 Å². The molecule has 0 aromatic heterocycles. The number of thiocarbonyl (C=S) groups is 1. The topological polar surface area (TPSA) is 36.4 Å². The maximum absolute atomic E-state index is 5.05. The van der Waals surface area contributed by atoms with Crippen molar-refractivity contribution in [3.05, 3.63) is 35.9 Å². The van der Waals surface area contributed by atoms with E-state index in [1.54, 1.807) is 6.21 Å². The van der Waals surface area contributed by atoms with Gasteiger partial charge in [0.05, 0.1) is 6.21 Å². The van der Waals surface area contributed by atoms with Gasteiger partial charge in [-0.05, 0) is 23.7 Å². The number of hydrogen-bond donors (Lipinski definition) is 2. The Morgan fingerprint density at radius 1 is 1.38 bits per heavy atom. The summed E-state index contributed by atoms with van der Waals surface area (Å²) in [5.74, 6) is 0.567. The largest absolute Gasteiger partial charge is 0.361 e. The summed E-state index contributed by atoms with van der Waals surface area (Å²) in [6.07, 6.45) is 1.74. The van der Waals surface area contributed by atoms with Crippen molar-refractivity contribution in [3.8, 4) is 0 Å². The van der Waals surface area contributed by atoms with Crippen LogP contribution in [0.1, 0.15) is 19.4 Å². The van der Waals surface area contributed by atoms with E-state index in [2.05, 4.69) is 29.7 Å². The van der Waals surface area contributed by atoms with Crippen LogP contribution in [-0.4, -0.2) is 17.9 Å². The van der Waals surface area contributed by atoms with Crippen molar-refractivity contribution in [2.45, 2.75) is 13.8 Å². The number of hydrogen-bond acceptors (Lipinski definition) is 2. The molecule has 0 saturated heterocycles. The van der Waals surface area contributed by atoms with Gasteiger partial charge in [0.25, 0.3) is 0 Å². The molecule has 1 rings (SSSR count). The first kappa shape index (κ1) is 12.6. The molecule has 0 heterocycles. The predicted molar refractivity (Wildman–Crippen MR) is 72.6 cm³/mol. The Labute approximate surface area is 102 Å². The van der Waals surface area contributed by atoms with Crippen LogP contribution >= 0.6 is 12.2 Å². The minimum Gasteiger partial charge on any atom is -0.361 e. The second-order valence-corrected chi connectivity index (χ2v) is 4.29. The molecule has 0 unspecified atom stereocenters. The number of nitrogens with zero attached hydrogens (tertiary/aromatic N) is 1. The average Bonchev–Trinajstić information content (AvgIpc) is 2.28. The molecule has 0 spiro atoms. The van der Waals surface area contributed by atoms with Crippen molar-refractivity contribution < 1.29 is 0 Å². The van der Waals surface area contributed by atoms with Gasteiger partial charge < -0.3 is 5.32 Å². The minimum absolute atomic E-state index is 0.556. The zero-order valence-corrected chi connectivity index (χ0v) is 10.4. The molecular weight excluding hydrogens is 218 g/mol. The van der Waals surface area contributed by atoms with E-state index in [1.165, 1.54) is 0 Å². The van der Waals surface area contributed by atoms with Crippen molar-refractivity contribution >= 4 is 23.5 Å². The normalized spacial score (nSPS) is 10.7. The Bertz CT molecular complexity index is 347. The van der Waals surface area contributed by atoms with Gasteiger partial charge in [0.1, 0.15) is 0 Å². The molecular formula is C12H17N3S. The van der Waals surface area contributed by atoms with Crippen LogP contribution in [0.4, 0.5) is 0 Å². The van der Waals surface area contributed by atoms with Gasteiger partial charge in [-0.3, -0.25) is 5.43 Å². The van der Waals surface area contributed by atoms with Crippen LogP contribution in [0.25, 0.3) is 0 Å². The molecule has 0 amide bonds. The molecule has 0 fully saturated rings. The van der Waals surface area contributed by atoms with Gasteiger partial charge in [0.15, 0.2) is 5.11 Å². The minimum atomic E-state index is 0.556. The van der Waals surface area contributed by atoms with Gasteiger partial charge >= 0.3 is 0 Å². The lowest BCUT2D eigenvalue weighted by atomic mass is 10.2. The highest BCUT2D eigenvalue weighted by atomic mass is 32.1. The quantitative estimate of drug-likeness (QED) is 0.477. The zero-order valence-electron chi connectivity index (χ0n) is 9.60. The first-order valence-electron chi connectivity index (χ1n) is 5.30. The third-order valence-electron chi connectivity index (χ3n) is 1.85. The lowest BCUT2D eigenvalue weighted by molar-refractivity contribution is 0.621. The molecule has 0 atom stereocenters. The standard InChI is InChI=1S/C12H17N3S/c1-10(2)8-13-12(16)15-14-9-11-6-4-3-5-7-11/h3-7,9-10H,8H2,1-2H3,(H2,13,15,16)/b14-9-. The fraction of sp³-hybridized carbons (Fsp3) is 0.333. The summed E-state index contributed by atoms with van der Waals surface area (Å²) >= 11 is 5.05. The van der Waals surface area contributed by atoms with E-state index in [0.717, 1.165) is 12.1 Å². The summed E-state index contributed by atoms with van der Waals surface area (Å²) in [6.45, 7) is 5.11. The fourth-order valence-electron chi connectivity index (χ4n) is 1.04. The van der Waals surface area contributed by atoms with Crippen molar-refractivity contribution in [2.75, 3.05) is 6.54 Å². The lowest BCUT2D eigenvalue weighted by Crippen LogP contribution is -2.34. The number of rotatable bonds is 4. The number of benzene rings is 1. The van der Waals surface area contributed by atoms with Crippen molar-refractivity contribution in [3.63, 3.8) is 0 Å². The van der Waals surface area contributed by atoms with E-state index in [9.17, 15) is 0 Å². The van der Waals surface area contributed by atoms with Gasteiger partial charge in [-0.2, -0.15) is 5.10 Å². The molecule has 3 nitrogen and oxygen atoms in total. The molecule has 16 heavy (non-hydrogen) atoms. The van der Waals surface area contributed by atoms with Gasteiger partial charge in [-0.15, -0.1) is 0 Å². The highest BCUT2D eigenvalue weighted by Gasteiger charge is 1.95. The van der Waals surface area contributed by atoms with E-state index in [-0.39, 0.29) is 0 Å². The maximum Gasteiger partial charge on any atom is 0.186 e. The highest BCUT2D eigenvalue weighted by molar-refractivity contribution is 7.80. The van der Waals surface area contributed by atoms with Gasteiger partial charge in [-0.25, -0.2) is 0 Å². The summed E-state index contributed by atoms with van der Waals surface area (Å²) in [4.78, 5) is 0. The summed E-state index contributed by atoms with van der Waals surface area (Å²) in [5, 5.41) is 7.67. The van der Waals surface area contributed by atoms with E-state index in [4.69, 9.17) is 12.2 Å². The van der Waals surface area contributed by atoms with Crippen molar-refractivity contribution in [1.29, 1.82) is 0 Å². The molecule has 0 aliphatic rings. The van der Waals surface area contributed by atoms with Crippen molar-refractivity contribution in [2.24, 2.45) is 11.0 Å². The van der Waals surface area contributed by atoms with Crippen LogP contribution in [0, 0.1) is 5.92 Å². The van der Waals surface area contributed by atoms with E-state index < -0.39 is 0 Å². The zero-order chi connectivity index (χ0) is 11.8. The lowest BCUT2D eigenvalue weighted by Gasteiger charge is -2.08. The van der Waals surface area contributed by atoms with Crippen LogP contribution in [0.2, 0.25) is 0 Å². The third kappa shape index (κ3) is 5.46. The van der Waals surface area contributed by atoms with Gasteiger partial charge in [-0.1, -0.05) is 44.2 Å². The van der Waals surface area contributed by atoms with Crippen LogP contribution in [-0.2, 0) is 0 Å². The first-order valence-corrected chi connectivity index (χ1v) is 5.71. The molecule has 0 aliphatic heterocycles. The average molecular weight is 235 g/mol. The van der Waals surface area contributed by atoms with E-state index >= 15 is 0 Å². The third-order valence-corrected chi connectivity index (χ3v) is 2.09. The Morgan fingerprint density at radius 3 is 2.69 bits per heavy atom.